The Morgan fingerprint density at radius 3 is 2.81 bits per heavy atom. The number of carbonyl (C=O) groups is 1. The maximum Gasteiger partial charge on any atom is 0.415 e. The van der Waals surface area contributed by atoms with E-state index < -0.39 is 0 Å². The van der Waals surface area contributed by atoms with Gasteiger partial charge in [0.15, 0.2) is 0 Å². The smallest absolute Gasteiger partial charge is 0.415 e. The third-order valence-electron chi connectivity index (χ3n) is 4.25. The van der Waals surface area contributed by atoms with Crippen molar-refractivity contribution in [3.63, 3.8) is 0 Å². The molecule has 0 bridgehead atoms. The van der Waals surface area contributed by atoms with Crippen LogP contribution in [0.1, 0.15) is 33.6 Å². The van der Waals surface area contributed by atoms with Gasteiger partial charge in [0, 0.05) is 12.2 Å². The molecule has 1 saturated carbocycles. The average Bonchev–Trinajstić information content (AvgIpc) is 3.22. The van der Waals surface area contributed by atoms with Gasteiger partial charge in [-0.05, 0) is 37.7 Å². The maximum absolute atomic E-state index is 12.0. The highest BCUT2D eigenvalue weighted by Gasteiger charge is 2.37. The Bertz CT molecular complexity index is 530. The van der Waals surface area contributed by atoms with E-state index in [0.717, 1.165) is 5.92 Å². The fourth-order valence-corrected chi connectivity index (χ4v) is 2.66. The van der Waals surface area contributed by atoms with Gasteiger partial charge in [0.1, 0.15) is 12.4 Å². The number of hydrogen-bond acceptors (Lipinski definition) is 5. The van der Waals surface area contributed by atoms with Crippen molar-refractivity contribution in [3.8, 4) is 0 Å². The van der Waals surface area contributed by atoms with E-state index in [4.69, 9.17) is 4.74 Å². The van der Waals surface area contributed by atoms with Crippen LogP contribution in [0, 0.1) is 11.8 Å². The Hall–Kier alpha value is -1.85. The molecule has 1 aliphatic carbocycles. The molecular weight excluding hydrogens is 268 g/mol. The number of aromatic nitrogens is 2. The van der Waals surface area contributed by atoms with E-state index in [2.05, 4.69) is 36.1 Å². The summed E-state index contributed by atoms with van der Waals surface area (Å²) in [6.07, 6.45) is 3.89. The topological polar surface area (TPSA) is 67.3 Å². The van der Waals surface area contributed by atoms with Gasteiger partial charge in [0.2, 0.25) is 5.95 Å². The highest BCUT2D eigenvalue weighted by atomic mass is 16.6. The monoisotopic (exact) mass is 290 g/mol. The number of ether oxygens (including phenoxy) is 1. The van der Waals surface area contributed by atoms with E-state index in [1.165, 1.54) is 12.8 Å². The maximum atomic E-state index is 12.0. The summed E-state index contributed by atoms with van der Waals surface area (Å²) in [5, 5.41) is 3.33. The van der Waals surface area contributed by atoms with E-state index in [9.17, 15) is 4.79 Å². The van der Waals surface area contributed by atoms with Gasteiger partial charge in [-0.15, -0.1) is 0 Å². The molecule has 114 valence electrons. The Balaban J connectivity index is 1.79. The highest BCUT2D eigenvalue weighted by molar-refractivity contribution is 5.89. The second kappa shape index (κ2) is 5.50. The van der Waals surface area contributed by atoms with E-state index in [1.54, 1.807) is 17.2 Å². The van der Waals surface area contributed by atoms with Crippen LogP contribution in [0.3, 0.4) is 0 Å². The molecule has 0 aromatic carbocycles. The minimum absolute atomic E-state index is 0.0288. The first-order valence-corrected chi connectivity index (χ1v) is 7.62. The van der Waals surface area contributed by atoms with E-state index >= 15 is 0 Å². The molecule has 2 heterocycles. The van der Waals surface area contributed by atoms with Gasteiger partial charge in [-0.3, -0.25) is 4.90 Å². The average molecular weight is 290 g/mol. The largest absolute Gasteiger partial charge is 0.447 e. The molecule has 0 radical (unpaired) electrons. The number of nitrogens with zero attached hydrogens (tertiary/aromatic N) is 3. The van der Waals surface area contributed by atoms with Crippen molar-refractivity contribution >= 4 is 17.9 Å². The Labute approximate surface area is 124 Å². The zero-order chi connectivity index (χ0) is 15.0. The number of carbonyl (C=O) groups excluding carboxylic acids is 1. The number of rotatable bonds is 5. The van der Waals surface area contributed by atoms with Gasteiger partial charge in [-0.25, -0.2) is 9.78 Å². The van der Waals surface area contributed by atoms with Crippen molar-refractivity contribution in [1.29, 1.82) is 0 Å². The van der Waals surface area contributed by atoms with Crippen molar-refractivity contribution in [2.24, 2.45) is 11.8 Å². The van der Waals surface area contributed by atoms with Gasteiger partial charge in [-0.1, -0.05) is 13.8 Å². The lowest BCUT2D eigenvalue weighted by Crippen LogP contribution is -2.38. The highest BCUT2D eigenvalue weighted by Crippen LogP contribution is 2.33. The molecule has 2 atom stereocenters. The summed E-state index contributed by atoms with van der Waals surface area (Å²) in [4.78, 5) is 22.3. The Morgan fingerprint density at radius 2 is 2.14 bits per heavy atom. The molecule has 1 N–H and O–H groups in total. The minimum atomic E-state index is -0.325. The van der Waals surface area contributed by atoms with E-state index in [1.807, 2.05) is 0 Å². The second-order valence-electron chi connectivity index (χ2n) is 6.27. The number of anilines is 2. The molecule has 1 amide bonds. The van der Waals surface area contributed by atoms with Crippen LogP contribution in [-0.4, -0.2) is 34.8 Å². The van der Waals surface area contributed by atoms with Gasteiger partial charge < -0.3 is 10.1 Å². The summed E-state index contributed by atoms with van der Waals surface area (Å²) in [7, 11) is 0. The van der Waals surface area contributed by atoms with Crippen molar-refractivity contribution < 1.29 is 9.53 Å². The molecule has 0 spiro atoms. The van der Waals surface area contributed by atoms with Crippen LogP contribution < -0.4 is 10.2 Å². The molecule has 1 saturated heterocycles. The van der Waals surface area contributed by atoms with Crippen LogP contribution in [-0.2, 0) is 4.74 Å². The Morgan fingerprint density at radius 1 is 1.38 bits per heavy atom. The molecule has 6 heteroatoms. The fourth-order valence-electron chi connectivity index (χ4n) is 2.66. The number of amides is 1. The van der Waals surface area contributed by atoms with E-state index in [-0.39, 0.29) is 12.1 Å². The van der Waals surface area contributed by atoms with E-state index in [0.29, 0.717) is 30.3 Å². The first kappa shape index (κ1) is 14.1. The summed E-state index contributed by atoms with van der Waals surface area (Å²) in [6, 6.07) is 2.15. The fraction of sp³-hybridized carbons (Fsp3) is 0.667. The van der Waals surface area contributed by atoms with Gasteiger partial charge in [-0.2, -0.15) is 4.98 Å². The van der Waals surface area contributed by atoms with Crippen molar-refractivity contribution in [2.45, 2.75) is 45.7 Å². The lowest BCUT2D eigenvalue weighted by Gasteiger charge is -2.23. The molecule has 21 heavy (non-hydrogen) atoms. The SMILES string of the molecule is CC(C)C1COC(=O)N1c1ccnc(N[C@@H](C)C2CC2)n1. The van der Waals surface area contributed by atoms with Crippen LogP contribution in [0.25, 0.3) is 0 Å². The summed E-state index contributed by atoms with van der Waals surface area (Å²) < 4.78 is 5.17. The van der Waals surface area contributed by atoms with Crippen molar-refractivity contribution in [1.82, 2.24) is 9.97 Å². The van der Waals surface area contributed by atoms with Crippen molar-refractivity contribution in [3.05, 3.63) is 12.3 Å². The predicted molar refractivity (Wildman–Crippen MR) is 80.3 cm³/mol. The normalized spacial score (nSPS) is 23.3. The zero-order valence-electron chi connectivity index (χ0n) is 12.7. The zero-order valence-corrected chi connectivity index (χ0v) is 12.7. The number of cyclic esters (lactones) is 1. The van der Waals surface area contributed by atoms with Crippen LogP contribution in [0.15, 0.2) is 12.3 Å². The quantitative estimate of drug-likeness (QED) is 0.903. The van der Waals surface area contributed by atoms with Gasteiger partial charge in [0.05, 0.1) is 6.04 Å². The van der Waals surface area contributed by atoms with Crippen LogP contribution >= 0.6 is 0 Å². The molecule has 1 aromatic heterocycles. The second-order valence-corrected chi connectivity index (χ2v) is 6.27. The molecular formula is C15H22N4O2. The standard InChI is InChI=1S/C15H22N4O2/c1-9(2)12-8-21-15(20)19(12)13-6-7-16-14(18-13)17-10(3)11-4-5-11/h6-7,9-12H,4-5,8H2,1-3H3,(H,16,17,18)/t10-,12?/m0/s1. The molecule has 1 aromatic rings. The van der Waals surface area contributed by atoms with Crippen LogP contribution in [0.5, 0.6) is 0 Å². The Kier molecular flexibility index (Phi) is 3.69. The van der Waals surface area contributed by atoms with Crippen LogP contribution in [0.2, 0.25) is 0 Å². The molecule has 1 unspecified atom stereocenters. The number of hydrogen-bond donors (Lipinski definition) is 1. The molecule has 2 fully saturated rings. The molecule has 1 aliphatic heterocycles. The van der Waals surface area contributed by atoms with Crippen molar-refractivity contribution in [2.75, 3.05) is 16.8 Å². The first-order valence-electron chi connectivity index (χ1n) is 7.62. The predicted octanol–water partition coefficient (Wildman–Crippen LogP) is 2.67. The van der Waals surface area contributed by atoms with Crippen LogP contribution in [0.4, 0.5) is 16.6 Å². The van der Waals surface area contributed by atoms with Gasteiger partial charge in [0.25, 0.3) is 0 Å². The van der Waals surface area contributed by atoms with Gasteiger partial charge >= 0.3 is 6.09 Å². The first-order chi connectivity index (χ1) is 10.1. The summed E-state index contributed by atoms with van der Waals surface area (Å²) in [5.41, 5.74) is 0. The minimum Gasteiger partial charge on any atom is -0.447 e. The number of nitrogens with one attached hydrogen (secondary N) is 1. The summed E-state index contributed by atoms with van der Waals surface area (Å²) >= 11 is 0. The third-order valence-corrected chi connectivity index (χ3v) is 4.25. The lowest BCUT2D eigenvalue weighted by molar-refractivity contribution is 0.177. The third kappa shape index (κ3) is 2.94. The molecule has 6 nitrogen and oxygen atoms in total. The summed E-state index contributed by atoms with van der Waals surface area (Å²) in [5.74, 6) is 2.22. The lowest BCUT2D eigenvalue weighted by atomic mass is 10.0. The summed E-state index contributed by atoms with van der Waals surface area (Å²) in [6.45, 7) is 6.72. The molecule has 3 rings (SSSR count). The molecule has 2 aliphatic rings.